The quantitative estimate of drug-likeness (QED) is 0.714. The molecule has 0 bridgehead atoms. The number of nitrogens with one attached hydrogen (secondary N) is 3. The zero-order valence-electron chi connectivity index (χ0n) is 15.5. The lowest BCUT2D eigenvalue weighted by molar-refractivity contribution is -0.113. The minimum absolute atomic E-state index is 0.278. The van der Waals surface area contributed by atoms with Crippen LogP contribution in [0.5, 0.6) is 0 Å². The topological polar surface area (TPSA) is 70.2 Å². The van der Waals surface area contributed by atoms with Gasteiger partial charge in [-0.25, -0.2) is 4.79 Å². The first-order valence-electron chi connectivity index (χ1n) is 8.80. The number of hydrogen-bond donors (Lipinski definition) is 3. The van der Waals surface area contributed by atoms with Crippen molar-refractivity contribution in [3.8, 4) is 0 Å². The summed E-state index contributed by atoms with van der Waals surface area (Å²) < 4.78 is 0. The molecule has 2 aromatic carbocycles. The largest absolute Gasteiger partial charge is 0.327 e. The first kappa shape index (κ1) is 19.0. The summed E-state index contributed by atoms with van der Waals surface area (Å²) in [5, 5.41) is 8.99. The van der Waals surface area contributed by atoms with Gasteiger partial charge in [0.1, 0.15) is 0 Å². The highest BCUT2D eigenvalue weighted by molar-refractivity contribution is 6.30. The fourth-order valence-electron chi connectivity index (χ4n) is 3.05. The molecule has 0 radical (unpaired) electrons. The van der Waals surface area contributed by atoms with Crippen LogP contribution in [0.1, 0.15) is 43.9 Å². The van der Waals surface area contributed by atoms with Gasteiger partial charge in [0, 0.05) is 16.4 Å². The fraction of sp³-hybridized carbons (Fsp3) is 0.238. The van der Waals surface area contributed by atoms with E-state index in [9.17, 15) is 9.59 Å². The van der Waals surface area contributed by atoms with E-state index in [0.29, 0.717) is 27.9 Å². The summed E-state index contributed by atoms with van der Waals surface area (Å²) in [6.45, 7) is 5.97. The highest BCUT2D eigenvalue weighted by Crippen LogP contribution is 2.29. The van der Waals surface area contributed by atoms with E-state index in [0.717, 1.165) is 5.56 Å². The van der Waals surface area contributed by atoms with Gasteiger partial charge in [-0.2, -0.15) is 0 Å². The molecule has 0 aromatic heterocycles. The normalized spacial score (nSPS) is 16.8. The molecule has 5 nitrogen and oxygen atoms in total. The molecule has 6 heteroatoms. The average Bonchev–Trinajstić information content (AvgIpc) is 2.63. The molecule has 3 N–H and O–H groups in total. The third-order valence-corrected chi connectivity index (χ3v) is 4.80. The molecular formula is C21H22ClN3O2. The van der Waals surface area contributed by atoms with Crippen molar-refractivity contribution in [3.05, 3.63) is 76.0 Å². The number of allylic oxidation sites excluding steroid dienone is 1. The molecule has 0 aliphatic carbocycles. The number of urea groups is 1. The van der Waals surface area contributed by atoms with Crippen LogP contribution in [0, 0.1) is 0 Å². The van der Waals surface area contributed by atoms with E-state index in [4.69, 9.17) is 11.6 Å². The third-order valence-electron chi connectivity index (χ3n) is 4.55. The molecule has 0 unspecified atom stereocenters. The number of hydrogen-bond acceptors (Lipinski definition) is 2. The predicted octanol–water partition coefficient (Wildman–Crippen LogP) is 4.73. The Balaban J connectivity index is 1.91. The smallest absolute Gasteiger partial charge is 0.319 e. The van der Waals surface area contributed by atoms with Crippen LogP contribution in [0.4, 0.5) is 10.5 Å². The van der Waals surface area contributed by atoms with Gasteiger partial charge in [-0.15, -0.1) is 0 Å². The van der Waals surface area contributed by atoms with E-state index in [1.807, 2.05) is 24.3 Å². The zero-order valence-corrected chi connectivity index (χ0v) is 16.2. The molecule has 1 atom stereocenters. The van der Waals surface area contributed by atoms with Crippen LogP contribution in [-0.2, 0) is 4.79 Å². The minimum atomic E-state index is -0.521. The Kier molecular flexibility index (Phi) is 5.51. The second-order valence-corrected chi connectivity index (χ2v) is 7.29. The summed E-state index contributed by atoms with van der Waals surface area (Å²) in [5.41, 5.74) is 3.70. The van der Waals surface area contributed by atoms with Crippen molar-refractivity contribution in [1.29, 1.82) is 0 Å². The molecule has 3 amide bonds. The molecule has 140 valence electrons. The van der Waals surface area contributed by atoms with Crippen LogP contribution in [0.3, 0.4) is 0 Å². The van der Waals surface area contributed by atoms with E-state index < -0.39 is 6.04 Å². The van der Waals surface area contributed by atoms with Crippen molar-refractivity contribution in [3.63, 3.8) is 0 Å². The first-order chi connectivity index (χ1) is 12.8. The van der Waals surface area contributed by atoms with Crippen molar-refractivity contribution in [1.82, 2.24) is 10.6 Å². The number of carbonyl (C=O) groups is 2. The maximum Gasteiger partial charge on any atom is 0.319 e. The molecular weight excluding hydrogens is 362 g/mol. The summed E-state index contributed by atoms with van der Waals surface area (Å²) in [7, 11) is 0. The molecule has 27 heavy (non-hydrogen) atoms. The second-order valence-electron chi connectivity index (χ2n) is 6.85. The minimum Gasteiger partial charge on any atom is -0.327 e. The van der Waals surface area contributed by atoms with Crippen LogP contribution in [0.2, 0.25) is 5.02 Å². The van der Waals surface area contributed by atoms with E-state index in [1.165, 1.54) is 5.56 Å². The number of halogens is 1. The Labute approximate surface area is 163 Å². The highest BCUT2D eigenvalue weighted by atomic mass is 35.5. The highest BCUT2D eigenvalue weighted by Gasteiger charge is 2.31. The number of amides is 3. The van der Waals surface area contributed by atoms with Gasteiger partial charge in [0.2, 0.25) is 0 Å². The van der Waals surface area contributed by atoms with Gasteiger partial charge >= 0.3 is 6.03 Å². The molecule has 1 aliphatic rings. The lowest BCUT2D eigenvalue weighted by Crippen LogP contribution is -2.45. The Morgan fingerprint density at radius 3 is 2.30 bits per heavy atom. The van der Waals surface area contributed by atoms with Crippen LogP contribution < -0.4 is 16.0 Å². The Bertz CT molecular complexity index is 887. The van der Waals surface area contributed by atoms with Crippen molar-refractivity contribution in [2.45, 2.75) is 32.7 Å². The molecule has 2 aromatic rings. The van der Waals surface area contributed by atoms with Crippen molar-refractivity contribution in [2.24, 2.45) is 0 Å². The van der Waals surface area contributed by atoms with E-state index in [-0.39, 0.29) is 11.9 Å². The number of carbonyl (C=O) groups excluding carboxylic acids is 2. The summed E-state index contributed by atoms with van der Waals surface area (Å²) >= 11 is 5.89. The molecule has 1 aliphatic heterocycles. The van der Waals surface area contributed by atoms with Gasteiger partial charge in [0.05, 0.1) is 11.6 Å². The lowest BCUT2D eigenvalue weighted by Gasteiger charge is -2.29. The van der Waals surface area contributed by atoms with Crippen LogP contribution in [0.15, 0.2) is 59.8 Å². The van der Waals surface area contributed by atoms with E-state index in [2.05, 4.69) is 29.8 Å². The summed E-state index contributed by atoms with van der Waals surface area (Å²) in [6.07, 6.45) is 0. The number of anilines is 1. The zero-order chi connectivity index (χ0) is 19.6. The SMILES string of the molecule is CC1=C(C(=O)Nc2ccc(Cl)cc2)[C@H](c2ccc(C(C)C)cc2)NC(=O)N1. The van der Waals surface area contributed by atoms with Gasteiger partial charge < -0.3 is 16.0 Å². The Morgan fingerprint density at radius 2 is 1.70 bits per heavy atom. The maximum atomic E-state index is 12.9. The number of rotatable bonds is 4. The second kappa shape index (κ2) is 7.84. The van der Waals surface area contributed by atoms with E-state index in [1.54, 1.807) is 31.2 Å². The Hall–Kier alpha value is -2.79. The van der Waals surface area contributed by atoms with Gasteiger partial charge in [0.15, 0.2) is 0 Å². The first-order valence-corrected chi connectivity index (χ1v) is 9.18. The average molecular weight is 384 g/mol. The molecule has 0 spiro atoms. The van der Waals surface area contributed by atoms with Crippen LogP contribution >= 0.6 is 11.6 Å². The van der Waals surface area contributed by atoms with Gasteiger partial charge in [-0.3, -0.25) is 4.79 Å². The van der Waals surface area contributed by atoms with Gasteiger partial charge in [-0.1, -0.05) is 49.7 Å². The molecule has 0 fully saturated rings. The monoisotopic (exact) mass is 383 g/mol. The van der Waals surface area contributed by atoms with Gasteiger partial charge in [0.25, 0.3) is 5.91 Å². The summed E-state index contributed by atoms with van der Waals surface area (Å²) in [6, 6.07) is 14.0. The van der Waals surface area contributed by atoms with Crippen molar-refractivity contribution in [2.75, 3.05) is 5.32 Å². The molecule has 0 saturated carbocycles. The fourth-order valence-corrected chi connectivity index (χ4v) is 3.18. The van der Waals surface area contributed by atoms with Crippen molar-refractivity contribution >= 4 is 29.2 Å². The maximum absolute atomic E-state index is 12.9. The van der Waals surface area contributed by atoms with Crippen molar-refractivity contribution < 1.29 is 9.59 Å². The Morgan fingerprint density at radius 1 is 1.07 bits per heavy atom. The molecule has 1 heterocycles. The van der Waals surface area contributed by atoms with Crippen LogP contribution in [0.25, 0.3) is 0 Å². The molecule has 0 saturated heterocycles. The van der Waals surface area contributed by atoms with Crippen LogP contribution in [-0.4, -0.2) is 11.9 Å². The predicted molar refractivity (Wildman–Crippen MR) is 108 cm³/mol. The molecule has 3 rings (SSSR count). The lowest BCUT2D eigenvalue weighted by atomic mass is 9.92. The summed E-state index contributed by atoms with van der Waals surface area (Å²) in [5.74, 6) is 0.131. The number of benzene rings is 2. The third kappa shape index (κ3) is 4.31. The summed E-state index contributed by atoms with van der Waals surface area (Å²) in [4.78, 5) is 24.9. The standard InChI is InChI=1S/C21H22ClN3O2/c1-12(2)14-4-6-15(7-5-14)19-18(13(3)23-21(27)25-19)20(26)24-17-10-8-16(22)9-11-17/h4-12,19H,1-3H3,(H,24,26)(H2,23,25,27)/t19-/m0/s1. The van der Waals surface area contributed by atoms with E-state index >= 15 is 0 Å². The van der Waals surface area contributed by atoms with Gasteiger partial charge in [-0.05, 0) is 48.2 Å².